The summed E-state index contributed by atoms with van der Waals surface area (Å²) in [6, 6.07) is 6.07. The molecule has 0 aliphatic rings. The van der Waals surface area contributed by atoms with Crippen molar-refractivity contribution >= 4 is 27.5 Å². The van der Waals surface area contributed by atoms with Crippen LogP contribution in [0, 0.1) is 13.8 Å². The minimum atomic E-state index is -3.51. The van der Waals surface area contributed by atoms with Crippen molar-refractivity contribution in [2.75, 3.05) is 5.75 Å². The van der Waals surface area contributed by atoms with E-state index in [0.29, 0.717) is 0 Å². The SMILES string of the molecule is CC(=Cc1ccc(C)cc1C)CS(=O)(=O)c1[nH]ncc1Cl. The van der Waals surface area contributed by atoms with Crippen molar-refractivity contribution in [1.82, 2.24) is 10.2 Å². The minimum absolute atomic E-state index is 0.0301. The molecule has 1 aromatic heterocycles. The summed E-state index contributed by atoms with van der Waals surface area (Å²) < 4.78 is 24.5. The molecule has 2 aromatic rings. The third-order valence-corrected chi connectivity index (χ3v) is 5.28. The largest absolute Gasteiger partial charge is 0.266 e. The Morgan fingerprint density at radius 2 is 2.10 bits per heavy atom. The zero-order valence-electron chi connectivity index (χ0n) is 12.1. The zero-order valence-corrected chi connectivity index (χ0v) is 13.7. The van der Waals surface area contributed by atoms with E-state index >= 15 is 0 Å². The van der Waals surface area contributed by atoms with Crippen LogP contribution in [0.1, 0.15) is 23.6 Å². The summed E-state index contributed by atoms with van der Waals surface area (Å²) in [5, 5.41) is 6.17. The van der Waals surface area contributed by atoms with Crippen LogP contribution in [0.25, 0.3) is 6.08 Å². The lowest BCUT2D eigenvalue weighted by Crippen LogP contribution is -2.09. The highest BCUT2D eigenvalue weighted by atomic mass is 35.5. The zero-order chi connectivity index (χ0) is 15.6. The van der Waals surface area contributed by atoms with Crippen molar-refractivity contribution in [3.63, 3.8) is 0 Å². The van der Waals surface area contributed by atoms with E-state index in [-0.39, 0.29) is 15.8 Å². The molecule has 0 fully saturated rings. The number of hydrogen-bond donors (Lipinski definition) is 1. The average molecular weight is 325 g/mol. The van der Waals surface area contributed by atoms with Crippen molar-refractivity contribution in [3.8, 4) is 0 Å². The molecule has 0 spiro atoms. The molecule has 0 aliphatic heterocycles. The van der Waals surface area contributed by atoms with Crippen LogP contribution in [-0.2, 0) is 9.84 Å². The fourth-order valence-corrected chi connectivity index (χ4v) is 3.96. The van der Waals surface area contributed by atoms with Crippen molar-refractivity contribution < 1.29 is 8.42 Å². The molecule has 0 radical (unpaired) electrons. The molecule has 0 atom stereocenters. The number of rotatable bonds is 4. The fourth-order valence-electron chi connectivity index (χ4n) is 2.14. The highest BCUT2D eigenvalue weighted by Crippen LogP contribution is 2.21. The summed E-state index contributed by atoms with van der Waals surface area (Å²) in [6.45, 7) is 5.82. The van der Waals surface area contributed by atoms with Gasteiger partial charge < -0.3 is 0 Å². The molecule has 0 saturated heterocycles. The number of sulfone groups is 1. The Labute approximate surface area is 129 Å². The Kier molecular flexibility index (Phi) is 4.54. The van der Waals surface area contributed by atoms with Gasteiger partial charge in [0.05, 0.1) is 17.0 Å². The molecule has 1 heterocycles. The molecule has 2 rings (SSSR count). The van der Waals surface area contributed by atoms with Gasteiger partial charge in [0.2, 0.25) is 0 Å². The van der Waals surface area contributed by atoms with E-state index in [9.17, 15) is 8.42 Å². The second kappa shape index (κ2) is 6.03. The van der Waals surface area contributed by atoms with E-state index in [1.165, 1.54) is 11.8 Å². The lowest BCUT2D eigenvalue weighted by atomic mass is 10.0. The van der Waals surface area contributed by atoms with Crippen LogP contribution >= 0.6 is 11.6 Å². The summed E-state index contributed by atoms with van der Waals surface area (Å²) in [6.07, 6.45) is 3.17. The van der Waals surface area contributed by atoms with E-state index < -0.39 is 9.84 Å². The maximum Gasteiger partial charge on any atom is 0.200 e. The Hall–Kier alpha value is -1.59. The molecule has 0 saturated carbocycles. The lowest BCUT2D eigenvalue weighted by molar-refractivity contribution is 0.594. The monoisotopic (exact) mass is 324 g/mol. The van der Waals surface area contributed by atoms with Crippen LogP contribution in [0.5, 0.6) is 0 Å². The van der Waals surface area contributed by atoms with E-state index in [0.717, 1.165) is 16.7 Å². The van der Waals surface area contributed by atoms with Gasteiger partial charge >= 0.3 is 0 Å². The first-order valence-electron chi connectivity index (χ1n) is 6.45. The van der Waals surface area contributed by atoms with E-state index in [4.69, 9.17) is 11.6 Å². The van der Waals surface area contributed by atoms with Gasteiger partial charge in [-0.1, -0.05) is 47.0 Å². The number of H-pyrrole nitrogens is 1. The number of aromatic amines is 1. The Bertz CT molecular complexity index is 792. The number of nitrogens with zero attached hydrogens (tertiary/aromatic N) is 1. The number of benzene rings is 1. The summed E-state index contributed by atoms with van der Waals surface area (Å²) in [4.78, 5) is 0. The second-order valence-corrected chi connectivity index (χ2v) is 7.49. The third kappa shape index (κ3) is 3.74. The summed E-state index contributed by atoms with van der Waals surface area (Å²) in [5.74, 6) is -0.0950. The highest BCUT2D eigenvalue weighted by Gasteiger charge is 2.20. The summed E-state index contributed by atoms with van der Waals surface area (Å²) >= 11 is 5.82. The van der Waals surface area contributed by atoms with E-state index in [1.807, 2.05) is 32.1 Å². The normalized spacial score (nSPS) is 12.7. The van der Waals surface area contributed by atoms with Gasteiger partial charge in [0, 0.05) is 0 Å². The Morgan fingerprint density at radius 1 is 1.38 bits per heavy atom. The molecule has 1 aromatic carbocycles. The predicted octanol–water partition coefficient (Wildman–Crippen LogP) is 3.56. The van der Waals surface area contributed by atoms with Crippen molar-refractivity contribution in [2.45, 2.75) is 25.8 Å². The molecule has 0 bridgehead atoms. The van der Waals surface area contributed by atoms with Crippen molar-refractivity contribution in [2.24, 2.45) is 0 Å². The number of aromatic nitrogens is 2. The molecule has 4 nitrogen and oxygen atoms in total. The van der Waals surface area contributed by atoms with Crippen LogP contribution in [0.3, 0.4) is 0 Å². The summed E-state index contributed by atoms with van der Waals surface area (Å²) in [7, 11) is -3.51. The van der Waals surface area contributed by atoms with Gasteiger partial charge in [-0.05, 0) is 31.9 Å². The molecular weight excluding hydrogens is 308 g/mol. The quantitative estimate of drug-likeness (QED) is 0.935. The standard InChI is InChI=1S/C15H17ClN2O2S/c1-10-4-5-13(12(3)6-10)7-11(2)9-21(19,20)15-14(16)8-17-18-15/h4-8H,9H2,1-3H3,(H,17,18). The van der Waals surface area contributed by atoms with Gasteiger partial charge in [0.1, 0.15) is 0 Å². The van der Waals surface area contributed by atoms with E-state index in [2.05, 4.69) is 16.3 Å². The third-order valence-electron chi connectivity index (χ3n) is 3.12. The number of halogens is 1. The first-order valence-corrected chi connectivity index (χ1v) is 8.48. The van der Waals surface area contributed by atoms with Crippen LogP contribution in [0.15, 0.2) is 35.0 Å². The van der Waals surface area contributed by atoms with Crippen LogP contribution in [-0.4, -0.2) is 24.4 Å². The van der Waals surface area contributed by atoms with Gasteiger partial charge in [0.15, 0.2) is 14.9 Å². The topological polar surface area (TPSA) is 62.8 Å². The number of aryl methyl sites for hydroxylation is 2. The molecule has 112 valence electrons. The fraction of sp³-hybridized carbons (Fsp3) is 0.267. The molecule has 6 heteroatoms. The molecule has 1 N–H and O–H groups in total. The smallest absolute Gasteiger partial charge is 0.200 e. The van der Waals surface area contributed by atoms with Gasteiger partial charge in [-0.25, -0.2) is 8.42 Å². The number of nitrogens with one attached hydrogen (secondary N) is 1. The lowest BCUT2D eigenvalue weighted by Gasteiger charge is -2.06. The van der Waals surface area contributed by atoms with Crippen molar-refractivity contribution in [3.05, 3.63) is 51.7 Å². The second-order valence-electron chi connectivity index (χ2n) is 5.16. The Morgan fingerprint density at radius 3 is 2.67 bits per heavy atom. The van der Waals surface area contributed by atoms with Gasteiger partial charge in [-0.2, -0.15) is 5.10 Å². The average Bonchev–Trinajstić information content (AvgIpc) is 2.79. The first kappa shape index (κ1) is 15.8. The maximum atomic E-state index is 12.3. The molecule has 0 amide bonds. The molecular formula is C15H17ClN2O2S. The predicted molar refractivity (Wildman–Crippen MR) is 85.2 cm³/mol. The van der Waals surface area contributed by atoms with Gasteiger partial charge in [-0.15, -0.1) is 0 Å². The summed E-state index contributed by atoms with van der Waals surface area (Å²) in [5.41, 5.74) is 4.06. The van der Waals surface area contributed by atoms with Crippen LogP contribution < -0.4 is 0 Å². The number of hydrogen-bond acceptors (Lipinski definition) is 3. The molecule has 0 aliphatic carbocycles. The minimum Gasteiger partial charge on any atom is -0.266 e. The first-order chi connectivity index (χ1) is 9.79. The molecule has 0 unspecified atom stereocenters. The van der Waals surface area contributed by atoms with Crippen LogP contribution in [0.4, 0.5) is 0 Å². The molecule has 21 heavy (non-hydrogen) atoms. The maximum absolute atomic E-state index is 12.3. The van der Waals surface area contributed by atoms with Gasteiger partial charge in [0.25, 0.3) is 0 Å². The Balaban J connectivity index is 2.27. The van der Waals surface area contributed by atoms with Crippen LogP contribution in [0.2, 0.25) is 5.02 Å². The van der Waals surface area contributed by atoms with Gasteiger partial charge in [-0.3, -0.25) is 5.10 Å². The highest BCUT2D eigenvalue weighted by molar-refractivity contribution is 7.91. The van der Waals surface area contributed by atoms with E-state index in [1.54, 1.807) is 6.92 Å². The van der Waals surface area contributed by atoms with Crippen molar-refractivity contribution in [1.29, 1.82) is 0 Å².